The van der Waals surface area contributed by atoms with E-state index in [1.807, 2.05) is 0 Å². The number of fused-ring (bicyclic) bond motifs is 8. The van der Waals surface area contributed by atoms with E-state index in [0.717, 1.165) is 17.1 Å². The van der Waals surface area contributed by atoms with Crippen molar-refractivity contribution in [1.29, 1.82) is 0 Å². The Morgan fingerprint density at radius 3 is 2.05 bits per heavy atom. The number of benzene rings is 8. The van der Waals surface area contributed by atoms with E-state index in [4.69, 9.17) is 0 Å². The minimum absolute atomic E-state index is 0.00354. The molecule has 1 fully saturated rings. The van der Waals surface area contributed by atoms with Crippen molar-refractivity contribution in [3.8, 4) is 11.1 Å². The zero-order valence-corrected chi connectivity index (χ0v) is 37.4. The Bertz CT molecular complexity index is 3130. The van der Waals surface area contributed by atoms with Crippen LogP contribution in [0.5, 0.6) is 0 Å². The van der Waals surface area contributed by atoms with Crippen molar-refractivity contribution in [2.75, 3.05) is 14.7 Å². The van der Waals surface area contributed by atoms with Gasteiger partial charge in [-0.25, -0.2) is 0 Å². The number of hydrogen-bond donors (Lipinski definition) is 0. The first-order valence-corrected chi connectivity index (χ1v) is 23.1. The van der Waals surface area contributed by atoms with Gasteiger partial charge in [-0.1, -0.05) is 150 Å². The van der Waals surface area contributed by atoms with E-state index < -0.39 is 0 Å². The number of hydrogen-bond acceptors (Lipinski definition) is 3. The van der Waals surface area contributed by atoms with Crippen LogP contribution in [0.15, 0.2) is 170 Å². The van der Waals surface area contributed by atoms with Crippen LogP contribution in [-0.4, -0.2) is 12.3 Å². The Hall–Kier alpha value is -6.52. The summed E-state index contributed by atoms with van der Waals surface area (Å²) in [5.41, 5.74) is 20.9. The maximum Gasteiger partial charge on any atom is 0.252 e. The van der Waals surface area contributed by atoms with E-state index in [2.05, 4.69) is 226 Å². The summed E-state index contributed by atoms with van der Waals surface area (Å²) in [5.74, 6) is 0. The van der Waals surface area contributed by atoms with Crippen LogP contribution in [0.3, 0.4) is 0 Å². The second-order valence-electron chi connectivity index (χ2n) is 20.1. The predicted octanol–water partition coefficient (Wildman–Crippen LogP) is 13.9. The Balaban J connectivity index is 1.08. The van der Waals surface area contributed by atoms with Gasteiger partial charge in [0, 0.05) is 50.9 Å². The van der Waals surface area contributed by atoms with Crippen LogP contribution in [0.1, 0.15) is 77.0 Å². The van der Waals surface area contributed by atoms with Crippen molar-refractivity contribution in [2.45, 2.75) is 83.6 Å². The fourth-order valence-electron chi connectivity index (χ4n) is 12.4. The molecule has 0 N–H and O–H groups in total. The molecule has 0 bridgehead atoms. The molecular formula is C59H54BN3. The lowest BCUT2D eigenvalue weighted by atomic mass is 9.33. The first kappa shape index (κ1) is 38.2. The molecule has 8 aromatic carbocycles. The number of para-hydroxylation sites is 3. The quantitative estimate of drug-likeness (QED) is 0.160. The van der Waals surface area contributed by atoms with Crippen LogP contribution < -0.4 is 31.1 Å². The van der Waals surface area contributed by atoms with E-state index in [9.17, 15) is 0 Å². The van der Waals surface area contributed by atoms with Gasteiger partial charge >= 0.3 is 0 Å². The van der Waals surface area contributed by atoms with Gasteiger partial charge in [-0.3, -0.25) is 0 Å². The predicted molar refractivity (Wildman–Crippen MR) is 270 cm³/mol. The summed E-state index contributed by atoms with van der Waals surface area (Å²) in [6.45, 7) is 14.5. The van der Waals surface area contributed by atoms with Gasteiger partial charge in [0.25, 0.3) is 6.71 Å². The molecule has 2 unspecified atom stereocenters. The number of rotatable bonds is 5. The molecule has 1 aliphatic carbocycles. The molecule has 308 valence electrons. The second-order valence-corrected chi connectivity index (χ2v) is 20.1. The van der Waals surface area contributed by atoms with Crippen molar-refractivity contribution in [3.63, 3.8) is 0 Å². The summed E-state index contributed by atoms with van der Waals surface area (Å²) >= 11 is 0. The van der Waals surface area contributed by atoms with E-state index in [1.54, 1.807) is 0 Å². The lowest BCUT2D eigenvalue weighted by Crippen LogP contribution is -2.64. The molecule has 63 heavy (non-hydrogen) atoms. The molecule has 4 aliphatic rings. The fraction of sp³-hybridized carbons (Fsp3) is 0.220. The fourth-order valence-corrected chi connectivity index (χ4v) is 12.4. The summed E-state index contributed by atoms with van der Waals surface area (Å²) in [7, 11) is 0. The normalized spacial score (nSPS) is 19.4. The topological polar surface area (TPSA) is 9.72 Å². The molecule has 0 amide bonds. The maximum absolute atomic E-state index is 2.83. The molecule has 0 spiro atoms. The van der Waals surface area contributed by atoms with Gasteiger partial charge in [-0.15, -0.1) is 0 Å². The van der Waals surface area contributed by atoms with Crippen LogP contribution in [0.2, 0.25) is 0 Å². The van der Waals surface area contributed by atoms with Gasteiger partial charge in [0.1, 0.15) is 0 Å². The van der Waals surface area contributed by atoms with E-state index >= 15 is 0 Å². The molecule has 3 aliphatic heterocycles. The Morgan fingerprint density at radius 1 is 0.571 bits per heavy atom. The van der Waals surface area contributed by atoms with E-state index in [-0.39, 0.29) is 23.1 Å². The van der Waals surface area contributed by atoms with Crippen molar-refractivity contribution in [3.05, 3.63) is 187 Å². The molecule has 3 heterocycles. The van der Waals surface area contributed by atoms with E-state index in [1.165, 1.54) is 109 Å². The molecule has 3 nitrogen and oxygen atoms in total. The maximum atomic E-state index is 2.83. The second kappa shape index (κ2) is 13.7. The first-order valence-electron chi connectivity index (χ1n) is 23.1. The molecule has 1 saturated carbocycles. The van der Waals surface area contributed by atoms with Gasteiger partial charge in [0.05, 0.1) is 5.54 Å². The number of anilines is 8. The van der Waals surface area contributed by atoms with Crippen LogP contribution in [-0.2, 0) is 10.8 Å². The minimum Gasteiger partial charge on any atom is -0.335 e. The number of nitrogens with zero attached hydrogens (tertiary/aromatic N) is 3. The first-order chi connectivity index (χ1) is 30.5. The van der Waals surface area contributed by atoms with Crippen LogP contribution in [0.4, 0.5) is 45.5 Å². The zero-order chi connectivity index (χ0) is 42.8. The van der Waals surface area contributed by atoms with Gasteiger partial charge in [0.15, 0.2) is 0 Å². The standard InChI is InChI=1S/C59H54BN3/c1-39-35-53-55-54(36-39)63-56-49(58(5)33-15-16-34-59(58,63)6)27-18-28-51(56)60(55)50-32-29-44(38-52(50)62(53)42-22-11-8-12-23-42)61(41-20-9-7-10-21-41)43-24-17-19-40(37-43)45-30-31-48(57(2,3)4)47-26-14-13-25-46(45)47/h7-14,17-32,35-38H,15-16,33-34H2,1-6H3. The molecule has 4 heteroatoms. The third-order valence-corrected chi connectivity index (χ3v) is 15.5. The summed E-state index contributed by atoms with van der Waals surface area (Å²) in [6.07, 6.45) is 4.97. The smallest absolute Gasteiger partial charge is 0.252 e. The molecule has 8 aromatic rings. The van der Waals surface area contributed by atoms with Crippen LogP contribution >= 0.6 is 0 Å². The average molecular weight is 816 g/mol. The molecule has 0 saturated heterocycles. The van der Waals surface area contributed by atoms with Crippen molar-refractivity contribution < 1.29 is 0 Å². The summed E-state index contributed by atoms with van der Waals surface area (Å²) < 4.78 is 0. The summed E-state index contributed by atoms with van der Waals surface area (Å²) in [6, 6.07) is 64.2. The molecule has 0 radical (unpaired) electrons. The average Bonchev–Trinajstić information content (AvgIpc) is 3.51. The third-order valence-electron chi connectivity index (χ3n) is 15.5. The monoisotopic (exact) mass is 815 g/mol. The highest BCUT2D eigenvalue weighted by Crippen LogP contribution is 2.61. The summed E-state index contributed by atoms with van der Waals surface area (Å²) in [5, 5.41) is 2.61. The SMILES string of the molecule is Cc1cc2c3c(c1)N1c4c(cccc4C4(C)CCCCC14C)B3c1ccc(N(c3ccccc3)c3cccc(-c4ccc(C(C)(C)C)c5ccccc45)c3)cc1N2c1ccccc1. The lowest BCUT2D eigenvalue weighted by Gasteiger charge is -2.52. The number of aryl methyl sites for hydroxylation is 1. The highest BCUT2D eigenvalue weighted by Gasteiger charge is 2.61. The highest BCUT2D eigenvalue weighted by atomic mass is 15.3. The largest absolute Gasteiger partial charge is 0.335 e. The van der Waals surface area contributed by atoms with Crippen molar-refractivity contribution in [2.24, 2.45) is 0 Å². The third kappa shape index (κ3) is 5.46. The Labute approximate surface area is 373 Å². The van der Waals surface area contributed by atoms with Crippen LogP contribution in [0.25, 0.3) is 21.9 Å². The van der Waals surface area contributed by atoms with Crippen molar-refractivity contribution in [1.82, 2.24) is 0 Å². The zero-order valence-electron chi connectivity index (χ0n) is 37.4. The Kier molecular flexibility index (Phi) is 8.33. The van der Waals surface area contributed by atoms with Gasteiger partial charge < -0.3 is 14.7 Å². The molecular weight excluding hydrogens is 761 g/mol. The van der Waals surface area contributed by atoms with Crippen molar-refractivity contribution >= 4 is 79.4 Å². The molecule has 12 rings (SSSR count). The Morgan fingerprint density at radius 2 is 1.25 bits per heavy atom. The van der Waals surface area contributed by atoms with E-state index in [0.29, 0.717) is 0 Å². The molecule has 0 aromatic heterocycles. The molecule has 2 atom stereocenters. The summed E-state index contributed by atoms with van der Waals surface area (Å²) in [4.78, 5) is 7.84. The van der Waals surface area contributed by atoms with Crippen LogP contribution in [0, 0.1) is 6.92 Å². The minimum atomic E-state index is 0.00354. The van der Waals surface area contributed by atoms with Gasteiger partial charge in [-0.05, 0) is 148 Å². The van der Waals surface area contributed by atoms with Gasteiger partial charge in [0.2, 0.25) is 0 Å². The lowest BCUT2D eigenvalue weighted by molar-refractivity contribution is 0.195. The van der Waals surface area contributed by atoms with Gasteiger partial charge in [-0.2, -0.15) is 0 Å². The highest BCUT2D eigenvalue weighted by molar-refractivity contribution is 7.00.